The summed E-state index contributed by atoms with van der Waals surface area (Å²) in [6.07, 6.45) is -4.71. The summed E-state index contributed by atoms with van der Waals surface area (Å²) < 4.78 is 41.1. The van der Waals surface area contributed by atoms with Gasteiger partial charge in [-0.05, 0) is 18.9 Å². The van der Waals surface area contributed by atoms with Crippen LogP contribution in [0.2, 0.25) is 0 Å². The van der Waals surface area contributed by atoms with Gasteiger partial charge in [-0.25, -0.2) is 0 Å². The number of nitrogens with one attached hydrogen (secondary N) is 2. The SMILES string of the molecule is CN=C(NCc1ccccc1OC(F)(F)F)NC(C)C(C)C.I. The fourth-order valence-corrected chi connectivity index (χ4v) is 1.63. The molecule has 0 heterocycles. The molecule has 1 atom stereocenters. The highest BCUT2D eigenvalue weighted by Crippen LogP contribution is 2.25. The van der Waals surface area contributed by atoms with E-state index >= 15 is 0 Å². The Morgan fingerprint density at radius 2 is 1.83 bits per heavy atom. The van der Waals surface area contributed by atoms with Gasteiger partial charge in [0.2, 0.25) is 0 Å². The third-order valence-electron chi connectivity index (χ3n) is 3.23. The van der Waals surface area contributed by atoms with Crippen LogP contribution in [0.3, 0.4) is 0 Å². The Morgan fingerprint density at radius 3 is 2.35 bits per heavy atom. The first-order valence-electron chi connectivity index (χ1n) is 7.03. The van der Waals surface area contributed by atoms with Crippen LogP contribution in [-0.4, -0.2) is 25.4 Å². The molecule has 4 nitrogen and oxygen atoms in total. The molecule has 0 spiro atoms. The third kappa shape index (κ3) is 8.29. The largest absolute Gasteiger partial charge is 0.573 e. The molecule has 1 aromatic carbocycles. The molecule has 0 aromatic heterocycles. The van der Waals surface area contributed by atoms with Gasteiger partial charge in [-0.1, -0.05) is 32.0 Å². The van der Waals surface area contributed by atoms with Crippen LogP contribution in [0.25, 0.3) is 0 Å². The van der Waals surface area contributed by atoms with Gasteiger partial charge in [0.05, 0.1) is 0 Å². The van der Waals surface area contributed by atoms with Crippen molar-refractivity contribution in [3.8, 4) is 5.75 Å². The van der Waals surface area contributed by atoms with Crippen LogP contribution in [0.1, 0.15) is 26.3 Å². The van der Waals surface area contributed by atoms with Gasteiger partial charge in [0, 0.05) is 25.2 Å². The number of halogens is 4. The number of rotatable bonds is 5. The molecule has 1 unspecified atom stereocenters. The van der Waals surface area contributed by atoms with E-state index < -0.39 is 6.36 Å². The number of guanidine groups is 1. The van der Waals surface area contributed by atoms with Crippen LogP contribution in [-0.2, 0) is 6.54 Å². The lowest BCUT2D eigenvalue weighted by atomic mass is 10.1. The number of aliphatic imine (C=N–C) groups is 1. The average molecular weight is 445 g/mol. The highest BCUT2D eigenvalue weighted by molar-refractivity contribution is 14.0. The minimum atomic E-state index is -4.71. The van der Waals surface area contributed by atoms with Crippen molar-refractivity contribution in [2.45, 2.75) is 39.7 Å². The molecule has 0 aliphatic heterocycles. The van der Waals surface area contributed by atoms with E-state index in [9.17, 15) is 13.2 Å². The molecular weight excluding hydrogens is 422 g/mol. The molecule has 1 rings (SSSR count). The summed E-state index contributed by atoms with van der Waals surface area (Å²) in [5.41, 5.74) is 0.403. The molecule has 8 heteroatoms. The van der Waals surface area contributed by atoms with Crippen molar-refractivity contribution < 1.29 is 17.9 Å². The minimum absolute atomic E-state index is 0. The Bertz CT molecular complexity index is 507. The Kier molecular flexibility index (Phi) is 9.33. The Balaban J connectivity index is 0.00000484. The maximum absolute atomic E-state index is 12.4. The summed E-state index contributed by atoms with van der Waals surface area (Å²) in [4.78, 5) is 4.06. The molecule has 0 aliphatic carbocycles. The summed E-state index contributed by atoms with van der Waals surface area (Å²) in [6.45, 7) is 6.32. The maximum atomic E-state index is 12.4. The zero-order chi connectivity index (χ0) is 16.8. The van der Waals surface area contributed by atoms with Gasteiger partial charge in [-0.2, -0.15) is 0 Å². The maximum Gasteiger partial charge on any atom is 0.573 e. The van der Waals surface area contributed by atoms with Gasteiger partial charge in [-0.3, -0.25) is 4.99 Å². The number of benzene rings is 1. The van der Waals surface area contributed by atoms with Crippen LogP contribution < -0.4 is 15.4 Å². The average Bonchev–Trinajstić information content (AvgIpc) is 2.42. The van der Waals surface area contributed by atoms with Crippen LogP contribution in [0, 0.1) is 5.92 Å². The molecule has 0 saturated heterocycles. The number of alkyl halides is 3. The Hall–Kier alpha value is -1.19. The Labute approximate surface area is 151 Å². The molecule has 132 valence electrons. The van der Waals surface area contributed by atoms with Crippen molar-refractivity contribution >= 4 is 29.9 Å². The standard InChI is InChI=1S/C15H22F3N3O.HI/c1-10(2)11(3)21-14(19-4)20-9-12-7-5-6-8-13(12)22-15(16,17)18;/h5-8,10-11H,9H2,1-4H3,(H2,19,20,21);1H. The summed E-state index contributed by atoms with van der Waals surface area (Å²) in [5.74, 6) is 0.720. The molecule has 0 saturated carbocycles. The number of para-hydroxylation sites is 1. The highest BCUT2D eigenvalue weighted by Gasteiger charge is 2.31. The van der Waals surface area contributed by atoms with E-state index in [1.54, 1.807) is 19.2 Å². The fraction of sp³-hybridized carbons (Fsp3) is 0.533. The van der Waals surface area contributed by atoms with Gasteiger partial charge in [-0.15, -0.1) is 37.1 Å². The third-order valence-corrected chi connectivity index (χ3v) is 3.23. The second kappa shape index (κ2) is 9.84. The topological polar surface area (TPSA) is 45.7 Å². The molecule has 0 amide bonds. The van der Waals surface area contributed by atoms with Crippen LogP contribution in [0.15, 0.2) is 29.3 Å². The smallest absolute Gasteiger partial charge is 0.405 e. The van der Waals surface area contributed by atoms with Crippen molar-refractivity contribution in [2.24, 2.45) is 10.9 Å². The molecule has 2 N–H and O–H groups in total. The zero-order valence-corrected chi connectivity index (χ0v) is 15.9. The second-order valence-electron chi connectivity index (χ2n) is 5.26. The van der Waals surface area contributed by atoms with Gasteiger partial charge in [0.25, 0.3) is 0 Å². The van der Waals surface area contributed by atoms with Crippen molar-refractivity contribution in [3.63, 3.8) is 0 Å². The number of hydrogen-bond acceptors (Lipinski definition) is 2. The van der Waals surface area contributed by atoms with E-state index in [0.717, 1.165) is 0 Å². The van der Waals surface area contributed by atoms with Gasteiger partial charge in [0.15, 0.2) is 5.96 Å². The van der Waals surface area contributed by atoms with Crippen LogP contribution in [0.5, 0.6) is 5.75 Å². The quantitative estimate of drug-likeness (QED) is 0.411. The first-order chi connectivity index (χ1) is 10.2. The van der Waals surface area contributed by atoms with Gasteiger partial charge in [0.1, 0.15) is 5.75 Å². The number of nitrogens with zero attached hydrogens (tertiary/aromatic N) is 1. The van der Waals surface area contributed by atoms with E-state index in [0.29, 0.717) is 17.4 Å². The first kappa shape index (κ1) is 21.8. The molecule has 0 bridgehead atoms. The lowest BCUT2D eigenvalue weighted by molar-refractivity contribution is -0.274. The van der Waals surface area contributed by atoms with Crippen molar-refractivity contribution in [1.82, 2.24) is 10.6 Å². The Morgan fingerprint density at radius 1 is 1.22 bits per heavy atom. The van der Waals surface area contributed by atoms with E-state index in [1.165, 1.54) is 12.1 Å². The molecular formula is C15H23F3IN3O. The number of ether oxygens (including phenoxy) is 1. The van der Waals surface area contributed by atoms with Crippen molar-refractivity contribution in [3.05, 3.63) is 29.8 Å². The molecule has 0 aliphatic rings. The predicted octanol–water partition coefficient (Wildman–Crippen LogP) is 3.91. The predicted molar refractivity (Wildman–Crippen MR) is 96.2 cm³/mol. The monoisotopic (exact) mass is 445 g/mol. The summed E-state index contributed by atoms with van der Waals surface area (Å²) >= 11 is 0. The van der Waals surface area contributed by atoms with Crippen molar-refractivity contribution in [1.29, 1.82) is 0 Å². The normalized spacial score (nSPS) is 13.3. The first-order valence-corrected chi connectivity index (χ1v) is 7.03. The van der Waals surface area contributed by atoms with Crippen molar-refractivity contribution in [2.75, 3.05) is 7.05 Å². The van der Waals surface area contributed by atoms with E-state index in [-0.39, 0.29) is 42.3 Å². The summed E-state index contributed by atoms with van der Waals surface area (Å²) in [7, 11) is 1.61. The fourth-order valence-electron chi connectivity index (χ4n) is 1.63. The van der Waals surface area contributed by atoms with Gasteiger partial charge < -0.3 is 15.4 Å². The zero-order valence-electron chi connectivity index (χ0n) is 13.6. The molecule has 23 heavy (non-hydrogen) atoms. The molecule has 0 fully saturated rings. The summed E-state index contributed by atoms with van der Waals surface area (Å²) in [6, 6.07) is 6.21. The minimum Gasteiger partial charge on any atom is -0.405 e. The lowest BCUT2D eigenvalue weighted by Gasteiger charge is -2.21. The highest BCUT2D eigenvalue weighted by atomic mass is 127. The second-order valence-corrected chi connectivity index (χ2v) is 5.26. The van der Waals surface area contributed by atoms with E-state index in [1.807, 2.05) is 6.92 Å². The molecule has 1 aromatic rings. The van der Waals surface area contributed by atoms with E-state index in [2.05, 4.69) is 34.2 Å². The molecule has 0 radical (unpaired) electrons. The van der Waals surface area contributed by atoms with Gasteiger partial charge >= 0.3 is 6.36 Å². The van der Waals surface area contributed by atoms with E-state index in [4.69, 9.17) is 0 Å². The van der Waals surface area contributed by atoms with Crippen LogP contribution >= 0.6 is 24.0 Å². The lowest BCUT2D eigenvalue weighted by Crippen LogP contribution is -2.43. The summed E-state index contributed by atoms with van der Waals surface area (Å²) in [5, 5.41) is 6.17. The van der Waals surface area contributed by atoms with Crippen LogP contribution in [0.4, 0.5) is 13.2 Å². The number of hydrogen-bond donors (Lipinski definition) is 2.